The van der Waals surface area contributed by atoms with E-state index in [2.05, 4.69) is 14.7 Å². The third-order valence-corrected chi connectivity index (χ3v) is 6.65. The van der Waals surface area contributed by atoms with Gasteiger partial charge in [0.1, 0.15) is 10.8 Å². The fourth-order valence-electron chi connectivity index (χ4n) is 4.15. The van der Waals surface area contributed by atoms with E-state index in [0.29, 0.717) is 18.7 Å². The second kappa shape index (κ2) is 8.25. The van der Waals surface area contributed by atoms with Crippen LogP contribution < -0.4 is 15.1 Å². The van der Waals surface area contributed by atoms with Crippen LogP contribution in [0.25, 0.3) is 10.6 Å². The van der Waals surface area contributed by atoms with Gasteiger partial charge in [0.2, 0.25) is 5.91 Å². The monoisotopic (exact) mass is 459 g/mol. The number of aryl methyl sites for hydroxylation is 2. The summed E-state index contributed by atoms with van der Waals surface area (Å²) >= 11 is 1.35. The molecule has 166 valence electrons. The lowest BCUT2D eigenvalue weighted by molar-refractivity contribution is -0.120. The van der Waals surface area contributed by atoms with Crippen LogP contribution in [-0.2, 0) is 20.8 Å². The fourth-order valence-corrected chi connectivity index (χ4v) is 4.81. The first-order valence-electron chi connectivity index (χ1n) is 10.6. The first-order valence-corrected chi connectivity index (χ1v) is 11.3. The van der Waals surface area contributed by atoms with Crippen molar-refractivity contribution in [3.05, 3.63) is 65.5 Å². The maximum atomic E-state index is 13.1. The Bertz CT molecular complexity index is 1310. The van der Waals surface area contributed by atoms with Gasteiger partial charge in [-0.3, -0.25) is 14.4 Å². The Morgan fingerprint density at radius 1 is 1.09 bits per heavy atom. The molecule has 0 saturated heterocycles. The molecule has 9 heteroatoms. The van der Waals surface area contributed by atoms with E-state index in [1.165, 1.54) is 23.7 Å². The number of nitrogens with zero attached hydrogens (tertiary/aromatic N) is 4. The van der Waals surface area contributed by atoms with Gasteiger partial charge in [0.15, 0.2) is 0 Å². The molecule has 0 bridgehead atoms. The van der Waals surface area contributed by atoms with E-state index in [9.17, 15) is 14.4 Å². The maximum Gasteiger partial charge on any atom is 0.258 e. The second-order valence-electron chi connectivity index (χ2n) is 7.95. The SMILES string of the molecule is Cc1nsc(-c2ccc(C)c(NCC(=O)N3CCc4c3cccc4N3C(=O)C=CC3=O)c2)n1. The predicted octanol–water partition coefficient (Wildman–Crippen LogP) is 3.25. The lowest BCUT2D eigenvalue weighted by atomic mass is 10.1. The average molecular weight is 460 g/mol. The Hall–Kier alpha value is -3.85. The number of hydrogen-bond acceptors (Lipinski definition) is 7. The molecule has 3 heterocycles. The number of rotatable bonds is 5. The summed E-state index contributed by atoms with van der Waals surface area (Å²) in [6, 6.07) is 11.3. The smallest absolute Gasteiger partial charge is 0.258 e. The topological polar surface area (TPSA) is 95.5 Å². The summed E-state index contributed by atoms with van der Waals surface area (Å²) in [4.78, 5) is 44.7. The standard InChI is InChI=1S/C24H21N5O3S/c1-14-6-7-16(24-26-15(2)27-33-24)12-18(14)25-13-23(32)28-11-10-17-19(28)4-3-5-20(17)29-21(30)8-9-22(29)31/h3-9,12,25H,10-11,13H2,1-2H3. The first-order chi connectivity index (χ1) is 15.9. The fraction of sp³-hybridized carbons (Fsp3) is 0.208. The van der Waals surface area contributed by atoms with Crippen LogP contribution >= 0.6 is 11.5 Å². The maximum absolute atomic E-state index is 13.1. The third kappa shape index (κ3) is 3.80. The Balaban J connectivity index is 1.33. The summed E-state index contributed by atoms with van der Waals surface area (Å²) in [6.07, 6.45) is 3.12. The van der Waals surface area contributed by atoms with Crippen molar-refractivity contribution in [1.29, 1.82) is 0 Å². The zero-order chi connectivity index (χ0) is 23.1. The first kappa shape index (κ1) is 21.0. The number of carbonyl (C=O) groups is 3. The minimum absolute atomic E-state index is 0.0836. The molecule has 0 saturated carbocycles. The molecule has 2 aliphatic rings. The number of hydrogen-bond donors (Lipinski definition) is 1. The van der Waals surface area contributed by atoms with Gasteiger partial charge < -0.3 is 10.2 Å². The molecule has 0 unspecified atom stereocenters. The zero-order valence-corrected chi connectivity index (χ0v) is 19.0. The molecule has 3 amide bonds. The highest BCUT2D eigenvalue weighted by molar-refractivity contribution is 7.09. The molecule has 0 spiro atoms. The summed E-state index contributed by atoms with van der Waals surface area (Å²) in [6.45, 7) is 4.46. The Morgan fingerprint density at radius 3 is 2.58 bits per heavy atom. The lowest BCUT2D eigenvalue weighted by Crippen LogP contribution is -2.34. The van der Waals surface area contributed by atoms with Crippen LogP contribution in [0.2, 0.25) is 0 Å². The quantitative estimate of drug-likeness (QED) is 0.589. The van der Waals surface area contributed by atoms with Crippen molar-refractivity contribution in [3.8, 4) is 10.6 Å². The van der Waals surface area contributed by atoms with Crippen LogP contribution in [0.1, 0.15) is 17.0 Å². The van der Waals surface area contributed by atoms with Gasteiger partial charge in [-0.05, 0) is 55.6 Å². The molecule has 0 aliphatic carbocycles. The molecule has 0 radical (unpaired) electrons. The van der Waals surface area contributed by atoms with Crippen molar-refractivity contribution < 1.29 is 14.4 Å². The van der Waals surface area contributed by atoms with Gasteiger partial charge in [-0.2, -0.15) is 4.37 Å². The molecule has 1 aromatic heterocycles. The van der Waals surface area contributed by atoms with Crippen molar-refractivity contribution in [2.75, 3.05) is 28.2 Å². The van der Waals surface area contributed by atoms with Crippen LogP contribution in [0.5, 0.6) is 0 Å². The summed E-state index contributed by atoms with van der Waals surface area (Å²) in [5, 5.41) is 4.09. The Labute approximate surface area is 194 Å². The van der Waals surface area contributed by atoms with E-state index >= 15 is 0 Å². The highest BCUT2D eigenvalue weighted by atomic mass is 32.1. The second-order valence-corrected chi connectivity index (χ2v) is 8.70. The number of fused-ring (bicyclic) bond motifs is 1. The average Bonchev–Trinajstić information content (AvgIpc) is 3.51. The molecule has 2 aliphatic heterocycles. The molecule has 2 aromatic carbocycles. The van der Waals surface area contributed by atoms with E-state index in [4.69, 9.17) is 0 Å². The van der Waals surface area contributed by atoms with Crippen LogP contribution in [-0.4, -0.2) is 40.2 Å². The molecule has 8 nitrogen and oxygen atoms in total. The van der Waals surface area contributed by atoms with Gasteiger partial charge in [-0.1, -0.05) is 18.2 Å². The summed E-state index contributed by atoms with van der Waals surface area (Å²) in [5.74, 6) is -0.0678. The lowest BCUT2D eigenvalue weighted by Gasteiger charge is -2.21. The normalized spacial score (nSPS) is 14.8. The van der Waals surface area contributed by atoms with Crippen molar-refractivity contribution >= 4 is 46.3 Å². The van der Waals surface area contributed by atoms with Crippen molar-refractivity contribution in [1.82, 2.24) is 9.36 Å². The van der Waals surface area contributed by atoms with Crippen LogP contribution in [0.4, 0.5) is 17.1 Å². The molecule has 0 atom stereocenters. The number of nitrogens with one attached hydrogen (secondary N) is 1. The molecule has 3 aromatic rings. The van der Waals surface area contributed by atoms with Gasteiger partial charge in [0.25, 0.3) is 11.8 Å². The van der Waals surface area contributed by atoms with E-state index in [1.54, 1.807) is 17.0 Å². The van der Waals surface area contributed by atoms with E-state index in [0.717, 1.165) is 43.8 Å². The molecular formula is C24H21N5O3S. The van der Waals surface area contributed by atoms with Gasteiger partial charge in [0, 0.05) is 41.2 Å². The van der Waals surface area contributed by atoms with E-state index < -0.39 is 0 Å². The van der Waals surface area contributed by atoms with Crippen LogP contribution in [0.15, 0.2) is 48.6 Å². The number of benzene rings is 2. The number of carbonyl (C=O) groups excluding carboxylic acids is 3. The van der Waals surface area contributed by atoms with E-state index in [-0.39, 0.29) is 24.3 Å². The van der Waals surface area contributed by atoms with Crippen molar-refractivity contribution in [2.24, 2.45) is 0 Å². The van der Waals surface area contributed by atoms with Crippen LogP contribution in [0, 0.1) is 13.8 Å². The van der Waals surface area contributed by atoms with Crippen molar-refractivity contribution in [2.45, 2.75) is 20.3 Å². The zero-order valence-electron chi connectivity index (χ0n) is 18.2. The minimum Gasteiger partial charge on any atom is -0.376 e. The van der Waals surface area contributed by atoms with Gasteiger partial charge >= 0.3 is 0 Å². The van der Waals surface area contributed by atoms with E-state index in [1.807, 2.05) is 38.1 Å². The molecule has 5 rings (SSSR count). The predicted molar refractivity (Wildman–Crippen MR) is 127 cm³/mol. The molecular weight excluding hydrogens is 438 g/mol. The Morgan fingerprint density at radius 2 is 1.85 bits per heavy atom. The number of anilines is 3. The summed E-state index contributed by atoms with van der Waals surface area (Å²) < 4.78 is 4.24. The molecule has 33 heavy (non-hydrogen) atoms. The largest absolute Gasteiger partial charge is 0.376 e. The van der Waals surface area contributed by atoms with Gasteiger partial charge in [-0.15, -0.1) is 0 Å². The minimum atomic E-state index is -0.360. The van der Waals surface area contributed by atoms with Crippen LogP contribution in [0.3, 0.4) is 0 Å². The Kier molecular flexibility index (Phi) is 5.26. The van der Waals surface area contributed by atoms with Gasteiger partial charge in [-0.25, -0.2) is 9.88 Å². The highest BCUT2D eigenvalue weighted by Gasteiger charge is 2.32. The number of aromatic nitrogens is 2. The number of imide groups is 1. The number of amides is 3. The third-order valence-electron chi connectivity index (χ3n) is 5.80. The summed E-state index contributed by atoms with van der Waals surface area (Å²) in [7, 11) is 0. The summed E-state index contributed by atoms with van der Waals surface area (Å²) in [5.41, 5.74) is 4.96. The van der Waals surface area contributed by atoms with Gasteiger partial charge in [0.05, 0.1) is 12.2 Å². The molecule has 1 N–H and O–H groups in total. The molecule has 0 fully saturated rings. The highest BCUT2D eigenvalue weighted by Crippen LogP contribution is 2.37. The van der Waals surface area contributed by atoms with Crippen molar-refractivity contribution in [3.63, 3.8) is 0 Å².